The molecule has 0 spiro atoms. The molecule has 9 heteroatoms. The predicted octanol–water partition coefficient (Wildman–Crippen LogP) is 4.53. The van der Waals surface area contributed by atoms with Crippen LogP contribution in [0.3, 0.4) is 0 Å². The molecule has 0 aliphatic carbocycles. The van der Waals surface area contributed by atoms with E-state index in [1.54, 1.807) is 18.2 Å². The van der Waals surface area contributed by atoms with Crippen LogP contribution in [0.25, 0.3) is 0 Å². The second-order valence-electron chi connectivity index (χ2n) is 5.48. The molecule has 0 bridgehead atoms. The molecular formula is C17H14ClF3N2O3. The minimum atomic E-state index is -4.61. The van der Waals surface area contributed by atoms with Crippen LogP contribution in [-0.4, -0.2) is 19.2 Å². The zero-order valence-corrected chi connectivity index (χ0v) is 14.1. The Kier molecular flexibility index (Phi) is 5.13. The van der Waals surface area contributed by atoms with Gasteiger partial charge in [0.25, 0.3) is 0 Å². The van der Waals surface area contributed by atoms with Gasteiger partial charge < -0.3 is 20.1 Å². The molecule has 1 amide bonds. The average molecular weight is 387 g/mol. The number of fused-ring (bicyclic) bond motifs is 1. The number of benzene rings is 2. The van der Waals surface area contributed by atoms with Gasteiger partial charge in [-0.25, -0.2) is 0 Å². The first-order chi connectivity index (χ1) is 12.3. The topological polar surface area (TPSA) is 59.6 Å². The summed E-state index contributed by atoms with van der Waals surface area (Å²) in [5.41, 5.74) is -0.596. The number of carbonyl (C=O) groups is 1. The second kappa shape index (κ2) is 7.33. The molecule has 0 atom stereocenters. The SMILES string of the molecule is O=C(CCNc1ccc2c(c1)OCO2)Nc1ccc(Cl)cc1C(F)(F)F. The van der Waals surface area contributed by atoms with Gasteiger partial charge >= 0.3 is 6.18 Å². The van der Waals surface area contributed by atoms with Crippen LogP contribution in [0.1, 0.15) is 12.0 Å². The highest BCUT2D eigenvalue weighted by Crippen LogP contribution is 2.36. The highest BCUT2D eigenvalue weighted by molar-refractivity contribution is 6.30. The summed E-state index contributed by atoms with van der Waals surface area (Å²) in [7, 11) is 0. The third-order valence-electron chi connectivity index (χ3n) is 3.61. The first-order valence-electron chi connectivity index (χ1n) is 7.63. The van der Waals surface area contributed by atoms with Crippen molar-refractivity contribution in [2.75, 3.05) is 24.0 Å². The van der Waals surface area contributed by atoms with Crippen LogP contribution >= 0.6 is 11.6 Å². The molecule has 0 saturated carbocycles. The molecule has 1 aliphatic heterocycles. The summed E-state index contributed by atoms with van der Waals surface area (Å²) in [6.45, 7) is 0.393. The maximum atomic E-state index is 13.0. The van der Waals surface area contributed by atoms with Crippen molar-refractivity contribution in [2.45, 2.75) is 12.6 Å². The first-order valence-corrected chi connectivity index (χ1v) is 8.01. The van der Waals surface area contributed by atoms with Crippen molar-refractivity contribution < 1.29 is 27.4 Å². The molecule has 2 aromatic rings. The van der Waals surface area contributed by atoms with Crippen LogP contribution in [-0.2, 0) is 11.0 Å². The molecule has 2 aromatic carbocycles. The Bertz CT molecular complexity index is 827. The van der Waals surface area contributed by atoms with E-state index in [9.17, 15) is 18.0 Å². The molecule has 1 heterocycles. The number of hydrogen-bond acceptors (Lipinski definition) is 4. The molecule has 26 heavy (non-hydrogen) atoms. The van der Waals surface area contributed by atoms with Crippen molar-refractivity contribution >= 4 is 28.9 Å². The van der Waals surface area contributed by atoms with Crippen LogP contribution in [0.5, 0.6) is 11.5 Å². The number of rotatable bonds is 5. The van der Waals surface area contributed by atoms with Gasteiger partial charge in [-0.05, 0) is 30.3 Å². The summed E-state index contributed by atoms with van der Waals surface area (Å²) in [5, 5.41) is 5.22. The number of carbonyl (C=O) groups excluding carboxylic acids is 1. The molecule has 0 radical (unpaired) electrons. The first kappa shape index (κ1) is 18.2. The Morgan fingerprint density at radius 2 is 1.88 bits per heavy atom. The van der Waals surface area contributed by atoms with E-state index in [0.717, 1.165) is 12.1 Å². The van der Waals surface area contributed by atoms with E-state index >= 15 is 0 Å². The summed E-state index contributed by atoms with van der Waals surface area (Å²) in [6.07, 6.45) is -4.63. The molecule has 0 saturated heterocycles. The van der Waals surface area contributed by atoms with E-state index in [4.69, 9.17) is 21.1 Å². The standard InChI is InChI=1S/C17H14ClF3N2O3/c18-10-1-3-13(12(7-10)17(19,20)21)23-16(24)5-6-22-11-2-4-14-15(8-11)26-9-25-14/h1-4,7-8,22H,5-6,9H2,(H,23,24). The summed E-state index contributed by atoms with van der Waals surface area (Å²) < 4.78 is 49.5. The fraction of sp³-hybridized carbons (Fsp3) is 0.235. The zero-order valence-electron chi connectivity index (χ0n) is 13.3. The lowest BCUT2D eigenvalue weighted by Crippen LogP contribution is -2.19. The Balaban J connectivity index is 1.56. The molecular weight excluding hydrogens is 373 g/mol. The smallest absolute Gasteiger partial charge is 0.418 e. The van der Waals surface area contributed by atoms with Crippen molar-refractivity contribution in [3.8, 4) is 11.5 Å². The van der Waals surface area contributed by atoms with Crippen molar-refractivity contribution in [2.24, 2.45) is 0 Å². The third-order valence-corrected chi connectivity index (χ3v) is 3.85. The van der Waals surface area contributed by atoms with E-state index in [-0.39, 0.29) is 30.5 Å². The molecule has 1 aliphatic rings. The van der Waals surface area contributed by atoms with Crippen molar-refractivity contribution in [1.29, 1.82) is 0 Å². The summed E-state index contributed by atoms with van der Waals surface area (Å²) >= 11 is 5.61. The van der Waals surface area contributed by atoms with E-state index in [2.05, 4.69) is 10.6 Å². The van der Waals surface area contributed by atoms with E-state index in [1.165, 1.54) is 6.07 Å². The van der Waals surface area contributed by atoms with Crippen LogP contribution in [0, 0.1) is 0 Å². The Labute approximate surface area is 152 Å². The van der Waals surface area contributed by atoms with Gasteiger partial charge in [0.05, 0.1) is 11.3 Å². The van der Waals surface area contributed by atoms with Gasteiger partial charge in [0.15, 0.2) is 11.5 Å². The van der Waals surface area contributed by atoms with Crippen LogP contribution in [0.4, 0.5) is 24.5 Å². The number of ether oxygens (including phenoxy) is 2. The van der Waals surface area contributed by atoms with Gasteiger partial charge in [-0.1, -0.05) is 11.6 Å². The lowest BCUT2D eigenvalue weighted by atomic mass is 10.1. The maximum Gasteiger partial charge on any atom is 0.418 e. The normalized spacial score (nSPS) is 12.8. The number of hydrogen-bond donors (Lipinski definition) is 2. The van der Waals surface area contributed by atoms with Gasteiger partial charge in [0.1, 0.15) is 0 Å². The average Bonchev–Trinajstić information content (AvgIpc) is 3.03. The summed E-state index contributed by atoms with van der Waals surface area (Å²) in [5.74, 6) is 0.678. The van der Waals surface area contributed by atoms with Crippen molar-refractivity contribution in [3.63, 3.8) is 0 Å². The predicted molar refractivity (Wildman–Crippen MR) is 90.8 cm³/mol. The maximum absolute atomic E-state index is 13.0. The van der Waals surface area contributed by atoms with Gasteiger partial charge in [0.2, 0.25) is 12.7 Å². The Morgan fingerprint density at radius 3 is 2.65 bits per heavy atom. The molecule has 138 valence electrons. The van der Waals surface area contributed by atoms with E-state index in [0.29, 0.717) is 17.2 Å². The molecule has 0 unspecified atom stereocenters. The van der Waals surface area contributed by atoms with Gasteiger partial charge in [0, 0.05) is 29.7 Å². The van der Waals surface area contributed by atoms with Crippen molar-refractivity contribution in [3.05, 3.63) is 47.0 Å². The van der Waals surface area contributed by atoms with Crippen molar-refractivity contribution in [1.82, 2.24) is 0 Å². The number of halogens is 4. The quantitative estimate of drug-likeness (QED) is 0.792. The monoisotopic (exact) mass is 386 g/mol. The molecule has 5 nitrogen and oxygen atoms in total. The van der Waals surface area contributed by atoms with E-state index in [1.807, 2.05) is 0 Å². The zero-order chi connectivity index (χ0) is 18.7. The molecule has 0 aromatic heterocycles. The number of amides is 1. The third kappa shape index (κ3) is 4.32. The van der Waals surface area contributed by atoms with E-state index < -0.39 is 17.6 Å². The van der Waals surface area contributed by atoms with Gasteiger partial charge in [-0.2, -0.15) is 13.2 Å². The van der Waals surface area contributed by atoms with Crippen LogP contribution in [0.2, 0.25) is 5.02 Å². The van der Waals surface area contributed by atoms with Gasteiger partial charge in [-0.3, -0.25) is 4.79 Å². The Hall–Kier alpha value is -2.61. The Morgan fingerprint density at radius 1 is 1.12 bits per heavy atom. The van der Waals surface area contributed by atoms with Gasteiger partial charge in [-0.15, -0.1) is 0 Å². The lowest BCUT2D eigenvalue weighted by molar-refractivity contribution is -0.137. The molecule has 2 N–H and O–H groups in total. The number of anilines is 2. The fourth-order valence-corrected chi connectivity index (χ4v) is 2.57. The number of alkyl halides is 3. The largest absolute Gasteiger partial charge is 0.454 e. The lowest BCUT2D eigenvalue weighted by Gasteiger charge is -2.14. The fourth-order valence-electron chi connectivity index (χ4n) is 2.40. The number of nitrogens with one attached hydrogen (secondary N) is 2. The van der Waals surface area contributed by atoms with Crippen LogP contribution in [0.15, 0.2) is 36.4 Å². The van der Waals surface area contributed by atoms with Crippen LogP contribution < -0.4 is 20.1 Å². The highest BCUT2D eigenvalue weighted by Gasteiger charge is 2.34. The molecule has 3 rings (SSSR count). The minimum Gasteiger partial charge on any atom is -0.454 e. The minimum absolute atomic E-state index is 0.0195. The second-order valence-corrected chi connectivity index (χ2v) is 5.92. The highest BCUT2D eigenvalue weighted by atomic mass is 35.5. The molecule has 0 fully saturated rings. The summed E-state index contributed by atoms with van der Waals surface area (Å²) in [4.78, 5) is 12.0. The summed E-state index contributed by atoms with van der Waals surface area (Å²) in [6, 6.07) is 8.41.